The molecule has 0 saturated heterocycles. The number of hydrogen-bond acceptors (Lipinski definition) is 4. The molecule has 1 aromatic rings. The number of rotatable bonds is 7. The Kier molecular flexibility index (Phi) is 4.13. The molecular weight excluding hydrogens is 264 g/mol. The molecular formula is C13H20N2O3S. The highest BCUT2D eigenvalue weighted by Gasteiger charge is 2.42. The Bertz CT molecular complexity index is 521. The average Bonchev–Trinajstić information content (AvgIpc) is 3.18. The maximum atomic E-state index is 12.1. The van der Waals surface area contributed by atoms with E-state index in [9.17, 15) is 8.42 Å². The van der Waals surface area contributed by atoms with Crippen LogP contribution in [0.2, 0.25) is 0 Å². The van der Waals surface area contributed by atoms with E-state index in [1.807, 2.05) is 0 Å². The Labute approximate surface area is 114 Å². The standard InChI is InChI=1S/C13H20N2O3S/c1-18-11-2-4-12(5-3-11)19(16,17)15-10-13(6-7-13)8-9-14/h2-5,15H,6-10,14H2,1H3. The Hall–Kier alpha value is -1.11. The molecule has 0 spiro atoms. The highest BCUT2D eigenvalue weighted by Crippen LogP contribution is 2.47. The van der Waals surface area contributed by atoms with Gasteiger partial charge in [-0.05, 0) is 55.5 Å². The third-order valence-corrected chi connectivity index (χ3v) is 5.06. The van der Waals surface area contributed by atoms with Crippen LogP contribution in [0.4, 0.5) is 0 Å². The van der Waals surface area contributed by atoms with Crippen molar-refractivity contribution in [1.82, 2.24) is 4.72 Å². The zero-order chi connectivity index (χ0) is 13.9. The molecule has 1 saturated carbocycles. The number of sulfonamides is 1. The van der Waals surface area contributed by atoms with Gasteiger partial charge in [0.25, 0.3) is 0 Å². The minimum atomic E-state index is -3.44. The lowest BCUT2D eigenvalue weighted by Crippen LogP contribution is -2.31. The molecule has 0 aromatic heterocycles. The van der Waals surface area contributed by atoms with Crippen LogP contribution in [0.1, 0.15) is 19.3 Å². The van der Waals surface area contributed by atoms with Crippen molar-refractivity contribution in [3.63, 3.8) is 0 Å². The molecule has 1 aliphatic rings. The largest absolute Gasteiger partial charge is 0.497 e. The molecule has 0 unspecified atom stereocenters. The van der Waals surface area contributed by atoms with E-state index in [-0.39, 0.29) is 10.3 Å². The van der Waals surface area contributed by atoms with Crippen LogP contribution >= 0.6 is 0 Å². The van der Waals surface area contributed by atoms with Crippen molar-refractivity contribution in [2.45, 2.75) is 24.2 Å². The summed E-state index contributed by atoms with van der Waals surface area (Å²) in [6, 6.07) is 6.37. The Morgan fingerprint density at radius 1 is 1.32 bits per heavy atom. The number of nitrogens with one attached hydrogen (secondary N) is 1. The van der Waals surface area contributed by atoms with Crippen molar-refractivity contribution in [1.29, 1.82) is 0 Å². The van der Waals surface area contributed by atoms with Gasteiger partial charge in [0.2, 0.25) is 10.0 Å². The summed E-state index contributed by atoms with van der Waals surface area (Å²) in [5.74, 6) is 0.640. The quantitative estimate of drug-likeness (QED) is 0.785. The van der Waals surface area contributed by atoms with Gasteiger partial charge in [0.15, 0.2) is 0 Å². The lowest BCUT2D eigenvalue weighted by atomic mass is 10.0. The molecule has 1 aliphatic carbocycles. The first-order valence-electron chi connectivity index (χ1n) is 6.35. The second kappa shape index (κ2) is 5.48. The molecule has 0 radical (unpaired) electrons. The number of nitrogens with two attached hydrogens (primary N) is 1. The number of methoxy groups -OCH3 is 1. The second-order valence-corrected chi connectivity index (χ2v) is 6.81. The van der Waals surface area contributed by atoms with E-state index in [0.29, 0.717) is 18.8 Å². The van der Waals surface area contributed by atoms with Crippen molar-refractivity contribution < 1.29 is 13.2 Å². The molecule has 0 heterocycles. The van der Waals surface area contributed by atoms with Gasteiger partial charge in [0.1, 0.15) is 5.75 Å². The predicted octanol–water partition coefficient (Wildman–Crippen LogP) is 1.10. The van der Waals surface area contributed by atoms with Gasteiger partial charge in [-0.1, -0.05) is 0 Å². The average molecular weight is 284 g/mol. The van der Waals surface area contributed by atoms with Crippen LogP contribution in [0, 0.1) is 5.41 Å². The minimum Gasteiger partial charge on any atom is -0.497 e. The molecule has 0 aliphatic heterocycles. The van der Waals surface area contributed by atoms with Gasteiger partial charge in [-0.25, -0.2) is 13.1 Å². The molecule has 19 heavy (non-hydrogen) atoms. The van der Waals surface area contributed by atoms with E-state index < -0.39 is 10.0 Å². The third-order valence-electron chi connectivity index (χ3n) is 3.64. The van der Waals surface area contributed by atoms with Crippen molar-refractivity contribution in [3.05, 3.63) is 24.3 Å². The Balaban J connectivity index is 2.01. The topological polar surface area (TPSA) is 81.4 Å². The summed E-state index contributed by atoms with van der Waals surface area (Å²) in [6.45, 7) is 1.07. The van der Waals surface area contributed by atoms with Crippen LogP contribution in [0.25, 0.3) is 0 Å². The lowest BCUT2D eigenvalue weighted by Gasteiger charge is -2.15. The van der Waals surface area contributed by atoms with Crippen LogP contribution in [0.5, 0.6) is 5.75 Å². The first kappa shape index (κ1) is 14.3. The molecule has 2 rings (SSSR count). The number of benzene rings is 1. The van der Waals surface area contributed by atoms with E-state index in [1.165, 1.54) is 0 Å². The molecule has 0 amide bonds. The predicted molar refractivity (Wildman–Crippen MR) is 73.5 cm³/mol. The van der Waals surface area contributed by atoms with Gasteiger partial charge < -0.3 is 10.5 Å². The SMILES string of the molecule is COc1ccc(S(=O)(=O)NCC2(CCN)CC2)cc1. The summed E-state index contributed by atoms with van der Waals surface area (Å²) in [4.78, 5) is 0.261. The summed E-state index contributed by atoms with van der Waals surface area (Å²) in [5, 5.41) is 0. The van der Waals surface area contributed by atoms with E-state index >= 15 is 0 Å². The van der Waals surface area contributed by atoms with Crippen molar-refractivity contribution in [2.24, 2.45) is 11.1 Å². The molecule has 5 nitrogen and oxygen atoms in total. The lowest BCUT2D eigenvalue weighted by molar-refractivity contribution is 0.414. The second-order valence-electron chi connectivity index (χ2n) is 5.04. The fourth-order valence-corrected chi connectivity index (χ4v) is 3.24. The fourth-order valence-electron chi connectivity index (χ4n) is 2.08. The van der Waals surface area contributed by atoms with Gasteiger partial charge in [-0.3, -0.25) is 0 Å². The molecule has 0 bridgehead atoms. The molecule has 0 atom stereocenters. The molecule has 106 valence electrons. The Morgan fingerprint density at radius 3 is 2.42 bits per heavy atom. The number of hydrogen-bond donors (Lipinski definition) is 2. The van der Waals surface area contributed by atoms with Gasteiger partial charge in [-0.2, -0.15) is 0 Å². The van der Waals surface area contributed by atoms with E-state index in [2.05, 4.69) is 4.72 Å². The maximum Gasteiger partial charge on any atom is 0.240 e. The van der Waals surface area contributed by atoms with Gasteiger partial charge in [-0.15, -0.1) is 0 Å². The normalized spacial score (nSPS) is 17.2. The van der Waals surface area contributed by atoms with Crippen LogP contribution in [-0.4, -0.2) is 28.6 Å². The summed E-state index contributed by atoms with van der Waals surface area (Å²) >= 11 is 0. The van der Waals surface area contributed by atoms with Crippen molar-refractivity contribution in [2.75, 3.05) is 20.2 Å². The zero-order valence-electron chi connectivity index (χ0n) is 11.1. The first-order valence-corrected chi connectivity index (χ1v) is 7.83. The van der Waals surface area contributed by atoms with Crippen LogP contribution < -0.4 is 15.2 Å². The monoisotopic (exact) mass is 284 g/mol. The summed E-state index contributed by atoms with van der Waals surface area (Å²) in [7, 11) is -1.90. The number of ether oxygens (including phenoxy) is 1. The van der Waals surface area contributed by atoms with Crippen LogP contribution in [0.3, 0.4) is 0 Å². The van der Waals surface area contributed by atoms with Gasteiger partial charge in [0, 0.05) is 6.54 Å². The van der Waals surface area contributed by atoms with E-state index in [0.717, 1.165) is 19.3 Å². The summed E-state index contributed by atoms with van der Waals surface area (Å²) < 4.78 is 31.9. The molecule has 6 heteroatoms. The van der Waals surface area contributed by atoms with Crippen LogP contribution in [0.15, 0.2) is 29.2 Å². The van der Waals surface area contributed by atoms with E-state index in [4.69, 9.17) is 10.5 Å². The van der Waals surface area contributed by atoms with Crippen LogP contribution in [-0.2, 0) is 10.0 Å². The van der Waals surface area contributed by atoms with Gasteiger partial charge >= 0.3 is 0 Å². The summed E-state index contributed by atoms with van der Waals surface area (Å²) in [5.41, 5.74) is 5.64. The van der Waals surface area contributed by atoms with Gasteiger partial charge in [0.05, 0.1) is 12.0 Å². The van der Waals surface area contributed by atoms with E-state index in [1.54, 1.807) is 31.4 Å². The smallest absolute Gasteiger partial charge is 0.240 e. The molecule has 1 aromatic carbocycles. The highest BCUT2D eigenvalue weighted by molar-refractivity contribution is 7.89. The Morgan fingerprint density at radius 2 is 1.95 bits per heavy atom. The third kappa shape index (κ3) is 3.46. The summed E-state index contributed by atoms with van der Waals surface area (Å²) in [6.07, 6.45) is 2.97. The van der Waals surface area contributed by atoms with Crippen molar-refractivity contribution >= 4 is 10.0 Å². The zero-order valence-corrected chi connectivity index (χ0v) is 11.9. The maximum absolute atomic E-state index is 12.1. The first-order chi connectivity index (χ1) is 9.01. The molecule has 3 N–H and O–H groups in total. The molecule has 1 fully saturated rings. The van der Waals surface area contributed by atoms with Crippen molar-refractivity contribution in [3.8, 4) is 5.75 Å². The minimum absolute atomic E-state index is 0.0916. The highest BCUT2D eigenvalue weighted by atomic mass is 32.2. The fraction of sp³-hybridized carbons (Fsp3) is 0.538.